The number of fused-ring (bicyclic) bond motifs is 1. The van der Waals surface area contributed by atoms with Crippen molar-refractivity contribution >= 4 is 23.9 Å². The number of nitrogens with one attached hydrogen (secondary N) is 2. The summed E-state index contributed by atoms with van der Waals surface area (Å²) in [7, 11) is 0. The molecule has 2 heterocycles. The third-order valence-electron chi connectivity index (χ3n) is 7.17. The normalized spacial score (nSPS) is 28.4. The molecule has 0 bridgehead atoms. The van der Waals surface area contributed by atoms with Crippen LogP contribution >= 0.6 is 0 Å². The minimum absolute atomic E-state index is 0.0981. The topological polar surface area (TPSA) is 123 Å². The van der Waals surface area contributed by atoms with Gasteiger partial charge in [0, 0.05) is 13.2 Å². The van der Waals surface area contributed by atoms with Crippen LogP contribution in [0.3, 0.4) is 0 Å². The van der Waals surface area contributed by atoms with E-state index in [2.05, 4.69) is 10.6 Å². The van der Waals surface area contributed by atoms with Crippen LogP contribution < -0.4 is 10.6 Å². The van der Waals surface area contributed by atoms with Crippen LogP contribution in [0.1, 0.15) is 93.4 Å². The highest BCUT2D eigenvalue weighted by Gasteiger charge is 2.46. The first-order chi connectivity index (χ1) is 17.9. The Bertz CT molecular complexity index is 811. The second-order valence-corrected chi connectivity index (χ2v) is 11.7. The minimum atomic E-state index is -1.03. The number of carbonyl (C=O) groups excluding carboxylic acids is 4. The fourth-order valence-corrected chi connectivity index (χ4v) is 5.19. The Hall–Kier alpha value is -2.36. The molecule has 10 heteroatoms. The van der Waals surface area contributed by atoms with E-state index in [0.717, 1.165) is 32.1 Å². The van der Waals surface area contributed by atoms with Crippen LogP contribution in [0.2, 0.25) is 0 Å². The smallest absolute Gasteiger partial charge is 0.408 e. The van der Waals surface area contributed by atoms with Gasteiger partial charge in [-0.3, -0.25) is 9.59 Å². The van der Waals surface area contributed by atoms with Gasteiger partial charge in [0.2, 0.25) is 11.8 Å². The summed E-state index contributed by atoms with van der Waals surface area (Å²) in [5, 5.41) is 5.62. The van der Waals surface area contributed by atoms with E-state index in [1.807, 2.05) is 13.8 Å². The van der Waals surface area contributed by atoms with Crippen molar-refractivity contribution in [2.45, 2.75) is 123 Å². The molecule has 2 aliphatic heterocycles. The SMILES string of the molecule is CCOC(=O)[C@@H]1CCCCCCCOC(C)[C@H](NC(=O)OC(C)(C)C)C(=O)N2CC[C@H](C(C)C)[C@H]2C(=O)N1. The van der Waals surface area contributed by atoms with E-state index in [0.29, 0.717) is 26.0 Å². The predicted molar refractivity (Wildman–Crippen MR) is 143 cm³/mol. The Kier molecular flexibility index (Phi) is 12.3. The van der Waals surface area contributed by atoms with Gasteiger partial charge in [0.05, 0.1) is 12.7 Å². The molecule has 2 rings (SSSR count). The molecule has 2 N–H and O–H groups in total. The molecule has 38 heavy (non-hydrogen) atoms. The van der Waals surface area contributed by atoms with E-state index in [9.17, 15) is 19.2 Å². The van der Waals surface area contributed by atoms with E-state index < -0.39 is 47.8 Å². The summed E-state index contributed by atoms with van der Waals surface area (Å²) in [5.74, 6) is -1.19. The summed E-state index contributed by atoms with van der Waals surface area (Å²) in [5.41, 5.74) is -0.740. The first kappa shape index (κ1) is 31.9. The van der Waals surface area contributed by atoms with Crippen LogP contribution in [0.25, 0.3) is 0 Å². The summed E-state index contributed by atoms with van der Waals surface area (Å²) in [6.07, 6.45) is 4.19. The molecule has 0 aromatic carbocycles. The van der Waals surface area contributed by atoms with Crippen LogP contribution in [-0.4, -0.2) is 78.4 Å². The second-order valence-electron chi connectivity index (χ2n) is 11.7. The maximum absolute atomic E-state index is 14.0. The van der Waals surface area contributed by atoms with E-state index in [-0.39, 0.29) is 24.3 Å². The number of nitrogens with zero attached hydrogens (tertiary/aromatic N) is 1. The highest BCUT2D eigenvalue weighted by atomic mass is 16.6. The average Bonchev–Trinajstić information content (AvgIpc) is 3.27. The molecule has 1 unspecified atom stereocenters. The number of carbonyl (C=O) groups is 4. The molecule has 0 saturated carbocycles. The summed E-state index contributed by atoms with van der Waals surface area (Å²) in [6.45, 7) is 13.8. The van der Waals surface area contributed by atoms with E-state index in [1.54, 1.807) is 34.6 Å². The first-order valence-corrected chi connectivity index (χ1v) is 14.2. The number of hydrogen-bond donors (Lipinski definition) is 2. The zero-order valence-corrected chi connectivity index (χ0v) is 24.3. The lowest BCUT2D eigenvalue weighted by molar-refractivity contribution is -0.149. The van der Waals surface area contributed by atoms with E-state index in [4.69, 9.17) is 14.2 Å². The van der Waals surface area contributed by atoms with Crippen molar-refractivity contribution < 1.29 is 33.4 Å². The number of hydrogen-bond acceptors (Lipinski definition) is 7. The predicted octanol–water partition coefficient (Wildman–Crippen LogP) is 3.56. The Morgan fingerprint density at radius 3 is 2.39 bits per heavy atom. The Morgan fingerprint density at radius 2 is 1.76 bits per heavy atom. The van der Waals surface area contributed by atoms with Gasteiger partial charge in [-0.1, -0.05) is 39.5 Å². The van der Waals surface area contributed by atoms with E-state index >= 15 is 0 Å². The maximum atomic E-state index is 14.0. The van der Waals surface area contributed by atoms with Crippen LogP contribution in [0.5, 0.6) is 0 Å². The molecule has 10 nitrogen and oxygen atoms in total. The van der Waals surface area contributed by atoms with Gasteiger partial charge in [-0.25, -0.2) is 9.59 Å². The first-order valence-electron chi connectivity index (χ1n) is 14.2. The monoisotopic (exact) mass is 539 g/mol. The Labute approximate surface area is 227 Å². The molecule has 0 spiro atoms. The summed E-state index contributed by atoms with van der Waals surface area (Å²) < 4.78 is 16.7. The molecule has 0 radical (unpaired) electrons. The Morgan fingerprint density at radius 1 is 1.11 bits per heavy atom. The largest absolute Gasteiger partial charge is 0.464 e. The molecule has 2 fully saturated rings. The third-order valence-corrected chi connectivity index (χ3v) is 7.17. The molecule has 0 aliphatic carbocycles. The number of amides is 3. The number of ether oxygens (including phenoxy) is 3. The van der Waals surface area contributed by atoms with Gasteiger partial charge in [-0.15, -0.1) is 0 Å². The van der Waals surface area contributed by atoms with Gasteiger partial charge in [-0.05, 0) is 65.7 Å². The van der Waals surface area contributed by atoms with Crippen molar-refractivity contribution in [3.05, 3.63) is 0 Å². The zero-order valence-electron chi connectivity index (χ0n) is 24.3. The van der Waals surface area contributed by atoms with Gasteiger partial charge >= 0.3 is 12.1 Å². The Balaban J connectivity index is 2.39. The van der Waals surface area contributed by atoms with Crippen molar-refractivity contribution in [3.63, 3.8) is 0 Å². The van der Waals surface area contributed by atoms with E-state index in [1.165, 1.54) is 4.90 Å². The molecule has 0 aromatic heterocycles. The van der Waals surface area contributed by atoms with Gasteiger partial charge in [-0.2, -0.15) is 0 Å². The van der Waals surface area contributed by atoms with Crippen LogP contribution in [0.15, 0.2) is 0 Å². The fraction of sp³-hybridized carbons (Fsp3) is 0.857. The lowest BCUT2D eigenvalue weighted by Gasteiger charge is -2.34. The van der Waals surface area contributed by atoms with Gasteiger partial charge < -0.3 is 29.7 Å². The van der Waals surface area contributed by atoms with Gasteiger partial charge in [0.15, 0.2) is 0 Å². The lowest BCUT2D eigenvalue weighted by atomic mass is 9.88. The number of rotatable bonds is 4. The number of alkyl carbamates (subject to hydrolysis) is 1. The highest BCUT2D eigenvalue weighted by molar-refractivity contribution is 5.94. The van der Waals surface area contributed by atoms with Crippen molar-refractivity contribution in [2.24, 2.45) is 11.8 Å². The van der Waals surface area contributed by atoms with Crippen molar-refractivity contribution in [1.29, 1.82) is 0 Å². The zero-order chi connectivity index (χ0) is 28.5. The molecular weight excluding hydrogens is 490 g/mol. The van der Waals surface area contributed by atoms with Crippen molar-refractivity contribution in [1.82, 2.24) is 15.5 Å². The third kappa shape index (κ3) is 9.43. The molecule has 2 saturated heterocycles. The fourth-order valence-electron chi connectivity index (χ4n) is 5.19. The van der Waals surface area contributed by atoms with Crippen LogP contribution in [0.4, 0.5) is 4.79 Å². The molecule has 2 aliphatic rings. The van der Waals surface area contributed by atoms with Crippen molar-refractivity contribution in [2.75, 3.05) is 19.8 Å². The molecule has 0 aromatic rings. The summed E-state index contributed by atoms with van der Waals surface area (Å²) in [4.78, 5) is 54.6. The molecule has 218 valence electrons. The quantitative estimate of drug-likeness (QED) is 0.524. The standard InChI is InChI=1S/C28H49N3O7/c1-8-36-26(34)21-14-12-10-9-11-13-17-37-19(4)22(30-27(35)38-28(5,6)7)25(33)31-16-15-20(18(2)3)23(31)24(32)29-21/h18-23H,8-17H2,1-7H3,(H,29,32)(H,30,35)/t19?,20-,21+,22+,23+/m1/s1. The summed E-state index contributed by atoms with van der Waals surface area (Å²) >= 11 is 0. The average molecular weight is 540 g/mol. The van der Waals surface area contributed by atoms with Crippen molar-refractivity contribution in [3.8, 4) is 0 Å². The molecule has 5 atom stereocenters. The van der Waals surface area contributed by atoms with Crippen LogP contribution in [0, 0.1) is 11.8 Å². The lowest BCUT2D eigenvalue weighted by Crippen LogP contribution is -2.60. The van der Waals surface area contributed by atoms with Crippen LogP contribution in [-0.2, 0) is 28.6 Å². The second kappa shape index (κ2) is 14.7. The van der Waals surface area contributed by atoms with Gasteiger partial charge in [0.25, 0.3) is 0 Å². The minimum Gasteiger partial charge on any atom is -0.464 e. The molecular formula is C28H49N3O7. The molecule has 3 amide bonds. The van der Waals surface area contributed by atoms with Gasteiger partial charge in [0.1, 0.15) is 23.7 Å². The highest BCUT2D eigenvalue weighted by Crippen LogP contribution is 2.32. The number of esters is 1. The maximum Gasteiger partial charge on any atom is 0.408 e. The summed E-state index contributed by atoms with van der Waals surface area (Å²) in [6, 6.07) is -2.57.